The van der Waals surface area contributed by atoms with Crippen molar-refractivity contribution in [3.63, 3.8) is 0 Å². The standard InChI is InChI=1S/C42H59FN4O10/c1-26(2)37(40(53)44-35(24-30-22-31(43)25-32(49)23-30)41(54)47-21-13-17-34(46-47)42(55)56)45-39(52)33(20-19-29(5)48)38(51)28(4)16-11-9-7-8-10-14-27(3)15-12-18-36(50)57-6/h7-9,11-12,15,18,22-23,25-26,28,33-35,37-38,46,49,51H,10,13-14,16-17,19-21,24H2,1-6H3,(H,44,53)(H,45,52)(H,55,56)/b8-7+,11-9+,18-12+,27-15+/t28-,33+,34?,35-,37-,38+/m0/s1. The van der Waals surface area contributed by atoms with Gasteiger partial charge in [-0.05, 0) is 81.9 Å². The van der Waals surface area contributed by atoms with E-state index in [2.05, 4.69) is 20.8 Å². The molecule has 0 bridgehead atoms. The molecule has 1 heterocycles. The van der Waals surface area contributed by atoms with Crippen LogP contribution in [-0.2, 0) is 39.9 Å². The fraction of sp³-hybridized carbons (Fsp3) is 0.524. The number of carbonyl (C=O) groups excluding carboxylic acids is 5. The molecular weight excluding hydrogens is 739 g/mol. The minimum Gasteiger partial charge on any atom is -0.508 e. The molecule has 0 saturated carbocycles. The van der Waals surface area contributed by atoms with Gasteiger partial charge in [-0.3, -0.25) is 24.2 Å². The lowest BCUT2D eigenvalue weighted by Gasteiger charge is -2.35. The topological polar surface area (TPSA) is 212 Å². The Morgan fingerprint density at radius 1 is 1.00 bits per heavy atom. The van der Waals surface area contributed by atoms with E-state index in [4.69, 9.17) is 0 Å². The summed E-state index contributed by atoms with van der Waals surface area (Å²) in [5.74, 6) is -7.01. The van der Waals surface area contributed by atoms with E-state index in [1.54, 1.807) is 26.8 Å². The van der Waals surface area contributed by atoms with Gasteiger partial charge in [0.05, 0.1) is 19.1 Å². The number of carboxylic acids is 1. The molecule has 1 aliphatic heterocycles. The van der Waals surface area contributed by atoms with Gasteiger partial charge in [0.15, 0.2) is 0 Å². The number of aliphatic hydroxyl groups is 1. The number of phenolic OH excluding ortho intramolecular Hbond substituents is 1. The number of esters is 1. The Balaban J connectivity index is 2.19. The number of nitrogens with zero attached hydrogens (tertiary/aromatic N) is 1. The minimum absolute atomic E-state index is 0.0164. The van der Waals surface area contributed by atoms with Crippen molar-refractivity contribution >= 4 is 35.4 Å². The zero-order valence-electron chi connectivity index (χ0n) is 33.7. The molecule has 314 valence electrons. The SMILES string of the molecule is COC(=O)/C=C/C=C(\C)CC/C=C/C=C/C[C@H](C)[C@@H](O)[C@@H](CCC(C)=O)C(=O)N[C@H](C(=O)N[C@@H](Cc1cc(O)cc(F)c1)C(=O)N1CCCC(C(=O)O)N1)C(C)C. The van der Waals surface area contributed by atoms with E-state index in [1.807, 2.05) is 37.3 Å². The van der Waals surface area contributed by atoms with E-state index < -0.39 is 83.2 Å². The molecule has 1 aliphatic rings. The van der Waals surface area contributed by atoms with Crippen LogP contribution in [0.25, 0.3) is 0 Å². The van der Waals surface area contributed by atoms with Crippen LogP contribution in [0.3, 0.4) is 0 Å². The van der Waals surface area contributed by atoms with Crippen LogP contribution >= 0.6 is 0 Å². The molecule has 6 N–H and O–H groups in total. The van der Waals surface area contributed by atoms with Crippen molar-refractivity contribution in [2.75, 3.05) is 13.7 Å². The van der Waals surface area contributed by atoms with Crippen molar-refractivity contribution < 1.29 is 53.2 Å². The van der Waals surface area contributed by atoms with Crippen molar-refractivity contribution in [3.8, 4) is 5.75 Å². The molecule has 14 nitrogen and oxygen atoms in total. The third-order valence-corrected chi connectivity index (χ3v) is 9.54. The number of allylic oxidation sites excluding steroid dienone is 7. The monoisotopic (exact) mass is 798 g/mol. The van der Waals surface area contributed by atoms with Crippen molar-refractivity contribution in [1.29, 1.82) is 0 Å². The maximum Gasteiger partial charge on any atom is 0.330 e. The summed E-state index contributed by atoms with van der Waals surface area (Å²) in [5.41, 5.74) is 3.92. The summed E-state index contributed by atoms with van der Waals surface area (Å²) < 4.78 is 18.8. The Morgan fingerprint density at radius 3 is 2.33 bits per heavy atom. The van der Waals surface area contributed by atoms with Crippen molar-refractivity contribution in [2.24, 2.45) is 17.8 Å². The highest BCUT2D eigenvalue weighted by atomic mass is 19.1. The van der Waals surface area contributed by atoms with Crippen LogP contribution in [0.5, 0.6) is 5.75 Å². The van der Waals surface area contributed by atoms with Gasteiger partial charge in [0.1, 0.15) is 35.5 Å². The van der Waals surface area contributed by atoms with Crippen LogP contribution in [0, 0.1) is 23.6 Å². The fourth-order valence-electron chi connectivity index (χ4n) is 6.21. The van der Waals surface area contributed by atoms with Gasteiger partial charge in [-0.2, -0.15) is 0 Å². The van der Waals surface area contributed by atoms with Gasteiger partial charge in [-0.15, -0.1) is 0 Å². The Bertz CT molecular complexity index is 1650. The normalized spacial score (nSPS) is 17.7. The first-order valence-corrected chi connectivity index (χ1v) is 19.2. The third kappa shape index (κ3) is 17.3. The number of hydrazine groups is 1. The zero-order chi connectivity index (χ0) is 42.7. The van der Waals surface area contributed by atoms with E-state index in [1.165, 1.54) is 26.2 Å². The number of Topliss-reactive ketones (excluding diaryl/α,β-unsaturated/α-hetero) is 1. The van der Waals surface area contributed by atoms with Crippen LogP contribution in [0.15, 0.2) is 66.3 Å². The van der Waals surface area contributed by atoms with E-state index in [0.29, 0.717) is 12.8 Å². The first kappa shape index (κ1) is 48.0. The molecule has 6 atom stereocenters. The average Bonchev–Trinajstić information content (AvgIpc) is 3.15. The lowest BCUT2D eigenvalue weighted by atomic mass is 9.85. The van der Waals surface area contributed by atoms with Gasteiger partial charge in [-0.25, -0.2) is 14.6 Å². The van der Waals surface area contributed by atoms with E-state index in [0.717, 1.165) is 35.6 Å². The van der Waals surface area contributed by atoms with Gasteiger partial charge in [0.25, 0.3) is 5.91 Å². The molecule has 57 heavy (non-hydrogen) atoms. The number of ether oxygens (including phenoxy) is 1. The Kier molecular flexibility index (Phi) is 20.6. The highest BCUT2D eigenvalue weighted by molar-refractivity contribution is 5.93. The molecule has 1 fully saturated rings. The van der Waals surface area contributed by atoms with Crippen molar-refractivity contribution in [3.05, 3.63) is 77.7 Å². The number of rotatable bonds is 22. The van der Waals surface area contributed by atoms with Gasteiger partial charge >= 0.3 is 11.9 Å². The Labute approximate surface area is 334 Å². The van der Waals surface area contributed by atoms with Crippen LogP contribution in [-0.4, -0.2) is 93.7 Å². The lowest BCUT2D eigenvalue weighted by Crippen LogP contribution is -2.62. The summed E-state index contributed by atoms with van der Waals surface area (Å²) in [6.45, 7) is 8.61. The summed E-state index contributed by atoms with van der Waals surface area (Å²) in [6, 6.07) is -0.374. The maximum atomic E-state index is 14.2. The number of amides is 3. The number of halogens is 1. The first-order valence-electron chi connectivity index (χ1n) is 19.2. The quantitative estimate of drug-likeness (QED) is 0.0556. The molecule has 15 heteroatoms. The number of ketones is 1. The third-order valence-electron chi connectivity index (χ3n) is 9.54. The largest absolute Gasteiger partial charge is 0.508 e. The second-order valence-corrected chi connectivity index (χ2v) is 14.8. The van der Waals surface area contributed by atoms with Crippen LogP contribution in [0.2, 0.25) is 0 Å². The number of hydrogen-bond donors (Lipinski definition) is 6. The molecule has 1 aromatic rings. The van der Waals surface area contributed by atoms with Crippen molar-refractivity contribution in [1.82, 2.24) is 21.1 Å². The summed E-state index contributed by atoms with van der Waals surface area (Å²) in [5, 5.41) is 37.4. The van der Waals surface area contributed by atoms with Gasteiger partial charge in [-0.1, -0.05) is 62.8 Å². The van der Waals surface area contributed by atoms with E-state index in [-0.39, 0.29) is 43.6 Å². The molecule has 1 aromatic carbocycles. The molecule has 0 aromatic heterocycles. The van der Waals surface area contributed by atoms with Crippen LogP contribution < -0.4 is 16.1 Å². The number of aromatic hydroxyl groups is 1. The summed E-state index contributed by atoms with van der Waals surface area (Å²) in [4.78, 5) is 76.3. The van der Waals surface area contributed by atoms with Gasteiger partial charge < -0.3 is 35.5 Å². The number of benzene rings is 1. The minimum atomic E-state index is -1.35. The molecule has 3 amide bonds. The number of aliphatic carboxylic acids is 1. The lowest BCUT2D eigenvalue weighted by molar-refractivity contribution is -0.149. The number of hydrogen-bond acceptors (Lipinski definition) is 10. The van der Waals surface area contributed by atoms with Crippen molar-refractivity contribution in [2.45, 2.75) is 110 Å². The number of nitrogens with one attached hydrogen (secondary N) is 3. The average molecular weight is 799 g/mol. The fourth-order valence-corrected chi connectivity index (χ4v) is 6.21. The summed E-state index contributed by atoms with van der Waals surface area (Å²) in [6.07, 6.45) is 13.6. The highest BCUT2D eigenvalue weighted by Crippen LogP contribution is 2.23. The highest BCUT2D eigenvalue weighted by Gasteiger charge is 2.37. The van der Waals surface area contributed by atoms with Crippen LogP contribution in [0.1, 0.15) is 85.1 Å². The molecular formula is C42H59FN4O10. The summed E-state index contributed by atoms with van der Waals surface area (Å²) in [7, 11) is 1.31. The Hall–Kier alpha value is -5.15. The number of phenols is 1. The summed E-state index contributed by atoms with van der Waals surface area (Å²) >= 11 is 0. The Morgan fingerprint density at radius 2 is 1.70 bits per heavy atom. The predicted octanol–water partition coefficient (Wildman–Crippen LogP) is 4.22. The van der Waals surface area contributed by atoms with Gasteiger partial charge in [0.2, 0.25) is 11.8 Å². The molecule has 1 unspecified atom stereocenters. The molecule has 2 rings (SSSR count). The molecule has 0 radical (unpaired) electrons. The van der Waals surface area contributed by atoms with Crippen LogP contribution in [0.4, 0.5) is 4.39 Å². The smallest absolute Gasteiger partial charge is 0.330 e. The maximum absolute atomic E-state index is 14.2. The molecule has 0 spiro atoms. The number of carboxylic acid groups (broad SMARTS) is 1. The van der Waals surface area contributed by atoms with Gasteiger partial charge in [0, 0.05) is 31.5 Å². The number of methoxy groups -OCH3 is 1. The van der Waals surface area contributed by atoms with E-state index >= 15 is 0 Å². The van der Waals surface area contributed by atoms with E-state index in [9.17, 15) is 48.5 Å². The first-order chi connectivity index (χ1) is 26.9. The second-order valence-electron chi connectivity index (χ2n) is 14.8. The zero-order valence-corrected chi connectivity index (χ0v) is 33.7. The molecule has 0 aliphatic carbocycles. The number of aliphatic hydroxyl groups excluding tert-OH is 1. The number of carbonyl (C=O) groups is 6. The second kappa shape index (κ2) is 24.5. The molecule has 1 saturated heterocycles. The predicted molar refractivity (Wildman–Crippen MR) is 212 cm³/mol.